The number of nitro groups is 1. The summed E-state index contributed by atoms with van der Waals surface area (Å²) in [5.74, 6) is 0.362. The molecule has 0 unspecified atom stereocenters. The second-order valence-electron chi connectivity index (χ2n) is 7.80. The highest BCUT2D eigenvalue weighted by Crippen LogP contribution is 2.28. The molecule has 0 fully saturated rings. The monoisotopic (exact) mass is 412 g/mol. The van der Waals surface area contributed by atoms with E-state index in [-0.39, 0.29) is 5.69 Å². The van der Waals surface area contributed by atoms with Gasteiger partial charge in [-0.15, -0.1) is 0 Å². The standard InChI is InChI=1S/C23H28N2O5/c1-2-3-4-5-6-7-8-9-10-11-17-22(27)20(26)15-19-23(17)30-21-13-12-16(25(28)29)14-18(21)24-19/h12-15,24H,2-11H2,1H3. The summed E-state index contributed by atoms with van der Waals surface area (Å²) in [5, 5.41) is 11.0. The molecule has 0 aromatic heterocycles. The molecule has 0 atom stereocenters. The molecular formula is C23H28N2O5. The maximum atomic E-state index is 12.5. The number of nitrogens with zero attached hydrogens (tertiary/aromatic N) is 1. The Bertz CT molecular complexity index is 1100. The first kappa shape index (κ1) is 21.7. The highest BCUT2D eigenvalue weighted by Gasteiger charge is 2.19. The number of unbranched alkanes of at least 4 members (excludes halogenated alkanes) is 8. The number of nitro benzene ring substituents is 1. The zero-order valence-corrected chi connectivity index (χ0v) is 17.4. The smallest absolute Gasteiger partial charge is 0.271 e. The summed E-state index contributed by atoms with van der Waals surface area (Å²) >= 11 is 0. The van der Waals surface area contributed by atoms with Crippen molar-refractivity contribution in [2.75, 3.05) is 0 Å². The van der Waals surface area contributed by atoms with E-state index in [9.17, 15) is 19.7 Å². The molecule has 0 saturated heterocycles. The molecule has 3 rings (SSSR count). The summed E-state index contributed by atoms with van der Waals surface area (Å²) in [6, 6.07) is 5.42. The third-order valence-corrected chi connectivity index (χ3v) is 5.48. The van der Waals surface area contributed by atoms with Crippen molar-refractivity contribution in [3.63, 3.8) is 0 Å². The summed E-state index contributed by atoms with van der Waals surface area (Å²) in [6.07, 6.45) is 11.0. The zero-order chi connectivity index (χ0) is 21.5. The molecule has 1 aromatic rings. The van der Waals surface area contributed by atoms with E-state index in [1.54, 1.807) is 0 Å². The Morgan fingerprint density at radius 3 is 2.30 bits per heavy atom. The van der Waals surface area contributed by atoms with Gasteiger partial charge in [-0.2, -0.15) is 0 Å². The lowest BCUT2D eigenvalue weighted by Crippen LogP contribution is -2.28. The average molecular weight is 412 g/mol. The number of non-ortho nitro benzene ring substituents is 1. The maximum absolute atomic E-state index is 12.5. The second kappa shape index (κ2) is 10.2. The second-order valence-corrected chi connectivity index (χ2v) is 7.80. The summed E-state index contributed by atoms with van der Waals surface area (Å²) < 4.78 is 5.89. The van der Waals surface area contributed by atoms with Crippen LogP contribution in [-0.4, -0.2) is 9.91 Å². The molecule has 1 aliphatic heterocycles. The fraction of sp³-hybridized carbons (Fsp3) is 0.478. The van der Waals surface area contributed by atoms with E-state index < -0.39 is 15.8 Å². The fourth-order valence-corrected chi connectivity index (χ4v) is 3.80. The molecule has 1 heterocycles. The first-order chi connectivity index (χ1) is 14.5. The number of aromatic amines is 1. The van der Waals surface area contributed by atoms with Crippen molar-refractivity contribution in [2.45, 2.75) is 71.1 Å². The molecule has 0 radical (unpaired) electrons. The molecular weight excluding hydrogens is 384 g/mol. The van der Waals surface area contributed by atoms with Crippen LogP contribution in [0.3, 0.4) is 0 Å². The van der Waals surface area contributed by atoms with E-state index in [2.05, 4.69) is 11.9 Å². The van der Waals surface area contributed by atoms with E-state index >= 15 is 0 Å². The number of hydrogen-bond donors (Lipinski definition) is 1. The molecule has 2 aliphatic rings. The third-order valence-electron chi connectivity index (χ3n) is 5.48. The Morgan fingerprint density at radius 2 is 1.63 bits per heavy atom. The van der Waals surface area contributed by atoms with Gasteiger partial charge in [0.05, 0.1) is 16.1 Å². The lowest BCUT2D eigenvalue weighted by molar-refractivity contribution is -0.384. The Hall–Kier alpha value is -2.96. The molecule has 7 heteroatoms. The SMILES string of the molecule is CCCCCCCCCCCc1c2oc3ccc([N+](=O)[O-])cc3[nH]c-2cc(=O)c1=O. The van der Waals surface area contributed by atoms with Gasteiger partial charge in [-0.05, 0) is 18.9 Å². The minimum atomic E-state index is -0.593. The molecule has 0 spiro atoms. The van der Waals surface area contributed by atoms with Crippen molar-refractivity contribution in [3.8, 4) is 11.5 Å². The van der Waals surface area contributed by atoms with Crippen LogP contribution in [-0.2, 0) is 6.42 Å². The van der Waals surface area contributed by atoms with Crippen molar-refractivity contribution in [1.82, 2.24) is 4.98 Å². The van der Waals surface area contributed by atoms with E-state index in [1.807, 2.05) is 0 Å². The Labute approximate surface area is 174 Å². The van der Waals surface area contributed by atoms with Crippen molar-refractivity contribution < 1.29 is 9.34 Å². The van der Waals surface area contributed by atoms with Gasteiger partial charge in [0, 0.05) is 23.8 Å². The molecule has 0 amide bonds. The van der Waals surface area contributed by atoms with Crippen molar-refractivity contribution in [1.29, 1.82) is 0 Å². The van der Waals surface area contributed by atoms with Crippen LogP contribution in [0.1, 0.15) is 70.3 Å². The molecule has 1 aliphatic carbocycles. The predicted octanol–water partition coefficient (Wildman–Crippen LogP) is 5.57. The number of benzene rings is 2. The molecule has 160 valence electrons. The van der Waals surface area contributed by atoms with Crippen LogP contribution in [0.5, 0.6) is 0 Å². The van der Waals surface area contributed by atoms with Gasteiger partial charge < -0.3 is 9.40 Å². The topological polar surface area (TPSA) is 106 Å². The van der Waals surface area contributed by atoms with E-state index in [0.717, 1.165) is 19.3 Å². The molecule has 30 heavy (non-hydrogen) atoms. The van der Waals surface area contributed by atoms with E-state index in [0.29, 0.717) is 34.5 Å². The Balaban J connectivity index is 1.73. The van der Waals surface area contributed by atoms with E-state index in [1.165, 1.54) is 62.8 Å². The van der Waals surface area contributed by atoms with E-state index in [4.69, 9.17) is 4.42 Å². The van der Waals surface area contributed by atoms with Crippen LogP contribution in [0.15, 0.2) is 38.3 Å². The summed E-state index contributed by atoms with van der Waals surface area (Å²) in [6.45, 7) is 2.21. The highest BCUT2D eigenvalue weighted by molar-refractivity contribution is 5.79. The number of rotatable bonds is 11. The number of fused-ring (bicyclic) bond motifs is 2. The number of H-pyrrole nitrogens is 1. The third kappa shape index (κ3) is 5.14. The van der Waals surface area contributed by atoms with Crippen LogP contribution >= 0.6 is 0 Å². The van der Waals surface area contributed by atoms with Gasteiger partial charge in [-0.25, -0.2) is 0 Å². The molecule has 0 bridgehead atoms. The number of nitrogens with one attached hydrogen (secondary N) is 1. The lowest BCUT2D eigenvalue weighted by Gasteiger charge is -2.11. The maximum Gasteiger partial charge on any atom is 0.271 e. The lowest BCUT2D eigenvalue weighted by atomic mass is 10.0. The van der Waals surface area contributed by atoms with Crippen LogP contribution in [0.2, 0.25) is 0 Å². The largest absolute Gasteiger partial charge is 0.453 e. The Kier molecular flexibility index (Phi) is 7.38. The van der Waals surface area contributed by atoms with Gasteiger partial charge in [0.25, 0.3) is 5.69 Å². The fourth-order valence-electron chi connectivity index (χ4n) is 3.80. The summed E-state index contributed by atoms with van der Waals surface area (Å²) in [7, 11) is 0. The number of hydrogen-bond acceptors (Lipinski definition) is 5. The first-order valence-electron chi connectivity index (χ1n) is 10.8. The summed E-state index contributed by atoms with van der Waals surface area (Å²) in [5.41, 5.74) is 0.384. The van der Waals surface area contributed by atoms with Gasteiger partial charge in [0.1, 0.15) is 0 Å². The van der Waals surface area contributed by atoms with Gasteiger partial charge >= 0.3 is 0 Å². The van der Waals surface area contributed by atoms with Crippen molar-refractivity contribution in [2.24, 2.45) is 0 Å². The quantitative estimate of drug-likeness (QED) is 0.146. The Morgan fingerprint density at radius 1 is 0.967 bits per heavy atom. The first-order valence-corrected chi connectivity index (χ1v) is 10.8. The van der Waals surface area contributed by atoms with Crippen LogP contribution in [0, 0.1) is 10.1 Å². The van der Waals surface area contributed by atoms with Gasteiger partial charge in [0.2, 0.25) is 10.9 Å². The number of aromatic nitrogens is 1. The molecule has 1 aromatic carbocycles. The van der Waals surface area contributed by atoms with Crippen LogP contribution in [0.25, 0.3) is 22.6 Å². The molecule has 7 nitrogen and oxygen atoms in total. The van der Waals surface area contributed by atoms with Gasteiger partial charge in [-0.1, -0.05) is 58.3 Å². The minimum absolute atomic E-state index is 0.0778. The summed E-state index contributed by atoms with van der Waals surface area (Å²) in [4.78, 5) is 38.1. The van der Waals surface area contributed by atoms with Gasteiger partial charge in [0.15, 0.2) is 11.3 Å². The molecule has 1 N–H and O–H groups in total. The zero-order valence-electron chi connectivity index (χ0n) is 17.4. The highest BCUT2D eigenvalue weighted by atomic mass is 16.6. The van der Waals surface area contributed by atoms with Gasteiger partial charge in [-0.3, -0.25) is 19.7 Å². The average Bonchev–Trinajstić information content (AvgIpc) is 2.73. The van der Waals surface area contributed by atoms with Crippen LogP contribution in [0.4, 0.5) is 5.69 Å². The normalized spacial score (nSPS) is 11.4. The minimum Gasteiger partial charge on any atom is -0.453 e. The molecule has 0 saturated carbocycles. The van der Waals surface area contributed by atoms with Crippen molar-refractivity contribution in [3.05, 3.63) is 60.4 Å². The predicted molar refractivity (Wildman–Crippen MR) is 117 cm³/mol. The van der Waals surface area contributed by atoms with Crippen molar-refractivity contribution >= 4 is 16.8 Å². The van der Waals surface area contributed by atoms with Crippen LogP contribution < -0.4 is 10.9 Å².